The Morgan fingerprint density at radius 2 is 1.57 bits per heavy atom. The lowest BCUT2D eigenvalue weighted by Crippen LogP contribution is -2.12. The summed E-state index contributed by atoms with van der Waals surface area (Å²) < 4.78 is 39.8. The number of hydrogen-bond donors (Lipinski definition) is 0. The van der Waals surface area contributed by atoms with Crippen LogP contribution in [0.4, 0.5) is 13.2 Å². The fourth-order valence-electron chi connectivity index (χ4n) is 2.09. The number of allylic oxidation sites excluding steroid dienone is 2. The van der Waals surface area contributed by atoms with E-state index in [0.29, 0.717) is 5.02 Å². The highest BCUT2D eigenvalue weighted by Crippen LogP contribution is 2.36. The summed E-state index contributed by atoms with van der Waals surface area (Å²) in [5.74, 6) is -0.335. The van der Waals surface area contributed by atoms with Crippen molar-refractivity contribution in [3.63, 3.8) is 0 Å². The third-order valence-electron chi connectivity index (χ3n) is 3.20. The van der Waals surface area contributed by atoms with E-state index in [0.717, 1.165) is 5.56 Å². The highest BCUT2D eigenvalue weighted by Gasteiger charge is 2.34. The van der Waals surface area contributed by atoms with Crippen molar-refractivity contribution in [3.05, 3.63) is 76.8 Å². The Kier molecular flexibility index (Phi) is 4.73. The summed E-state index contributed by atoms with van der Waals surface area (Å²) in [7, 11) is 0. The van der Waals surface area contributed by atoms with Gasteiger partial charge in [0.15, 0.2) is 0 Å². The number of hydrogen-bond acceptors (Lipinski definition) is 0. The van der Waals surface area contributed by atoms with Crippen LogP contribution in [0.1, 0.15) is 24.0 Å². The molecule has 2 aromatic carbocycles. The summed E-state index contributed by atoms with van der Waals surface area (Å²) in [6, 6.07) is 14.8. The van der Waals surface area contributed by atoms with Crippen LogP contribution in [0.15, 0.2) is 60.7 Å². The predicted molar refractivity (Wildman–Crippen MR) is 80.3 cm³/mol. The molecule has 2 rings (SSSR count). The largest absolute Gasteiger partial charge is 0.416 e. The van der Waals surface area contributed by atoms with Gasteiger partial charge in [-0.3, -0.25) is 0 Å². The maximum absolute atomic E-state index is 13.3. The van der Waals surface area contributed by atoms with Crippen LogP contribution in [0.2, 0.25) is 5.02 Å². The van der Waals surface area contributed by atoms with E-state index in [1.54, 1.807) is 6.92 Å². The maximum atomic E-state index is 13.3. The molecule has 0 aliphatic carbocycles. The van der Waals surface area contributed by atoms with Crippen LogP contribution < -0.4 is 0 Å². The van der Waals surface area contributed by atoms with Crippen LogP contribution >= 0.6 is 11.6 Å². The van der Waals surface area contributed by atoms with Crippen LogP contribution in [-0.2, 0) is 0 Å². The average molecular weight is 311 g/mol. The quantitative estimate of drug-likeness (QED) is 0.643. The van der Waals surface area contributed by atoms with E-state index >= 15 is 0 Å². The Hall–Kier alpha value is -1.74. The third-order valence-corrected chi connectivity index (χ3v) is 3.45. The first-order valence-electron chi connectivity index (χ1n) is 6.48. The van der Waals surface area contributed by atoms with E-state index in [1.807, 2.05) is 30.3 Å². The van der Waals surface area contributed by atoms with Gasteiger partial charge >= 0.3 is 6.18 Å². The summed E-state index contributed by atoms with van der Waals surface area (Å²) in [5.41, 5.74) is 0.318. The predicted octanol–water partition coefficient (Wildman–Crippen LogP) is 6.09. The lowest BCUT2D eigenvalue weighted by atomic mass is 9.95. The van der Waals surface area contributed by atoms with Gasteiger partial charge in [0.05, 0.1) is 5.57 Å². The molecular formula is C17H14ClF3. The lowest BCUT2D eigenvalue weighted by Gasteiger charge is -2.15. The summed E-state index contributed by atoms with van der Waals surface area (Å²) in [6.07, 6.45) is -3.16. The minimum absolute atomic E-state index is 0.120. The Bertz CT molecular complexity index is 613. The Balaban J connectivity index is 2.41. The first-order chi connectivity index (χ1) is 9.88. The second-order valence-electron chi connectivity index (χ2n) is 4.78. The van der Waals surface area contributed by atoms with Crippen molar-refractivity contribution in [2.75, 3.05) is 0 Å². The van der Waals surface area contributed by atoms with Crippen LogP contribution in [0.5, 0.6) is 0 Å². The standard InChI is InChI=1S/C17H14ClF3/c1-12(13-5-3-2-4-6-13)11-16(17(19,20)21)14-7-9-15(18)10-8-14/h2-12H,1H3/b16-11+. The van der Waals surface area contributed by atoms with E-state index in [2.05, 4.69) is 0 Å². The third kappa shape index (κ3) is 4.11. The van der Waals surface area contributed by atoms with Gasteiger partial charge in [0.25, 0.3) is 0 Å². The maximum Gasteiger partial charge on any atom is 0.416 e. The zero-order valence-electron chi connectivity index (χ0n) is 11.4. The Labute approximate surface area is 126 Å². The van der Waals surface area contributed by atoms with Crippen molar-refractivity contribution in [2.45, 2.75) is 19.0 Å². The molecular weight excluding hydrogens is 297 g/mol. The molecule has 0 aliphatic rings. The number of benzene rings is 2. The van der Waals surface area contributed by atoms with Crippen LogP contribution in [0, 0.1) is 0 Å². The minimum Gasteiger partial charge on any atom is -0.166 e. The Morgan fingerprint density at radius 3 is 2.10 bits per heavy atom. The molecule has 0 saturated carbocycles. The van der Waals surface area contributed by atoms with E-state index in [1.165, 1.54) is 30.3 Å². The van der Waals surface area contributed by atoms with Crippen molar-refractivity contribution in [1.82, 2.24) is 0 Å². The molecule has 0 radical (unpaired) electrons. The fourth-order valence-corrected chi connectivity index (χ4v) is 2.21. The van der Waals surface area contributed by atoms with Gasteiger partial charge < -0.3 is 0 Å². The normalized spacial score (nSPS) is 14.0. The number of halogens is 4. The van der Waals surface area contributed by atoms with Gasteiger partial charge in [-0.1, -0.05) is 67.1 Å². The van der Waals surface area contributed by atoms with Gasteiger partial charge in [-0.25, -0.2) is 0 Å². The molecule has 0 heterocycles. The molecule has 0 nitrogen and oxygen atoms in total. The van der Waals surface area contributed by atoms with Crippen molar-refractivity contribution in [3.8, 4) is 0 Å². The Morgan fingerprint density at radius 1 is 1.00 bits per heavy atom. The van der Waals surface area contributed by atoms with E-state index in [4.69, 9.17) is 11.6 Å². The minimum atomic E-state index is -4.41. The zero-order chi connectivity index (χ0) is 15.5. The molecule has 0 N–H and O–H groups in total. The fraction of sp³-hybridized carbons (Fsp3) is 0.176. The molecule has 1 unspecified atom stereocenters. The number of alkyl halides is 3. The van der Waals surface area contributed by atoms with Crippen molar-refractivity contribution >= 4 is 17.2 Å². The molecule has 4 heteroatoms. The molecule has 1 atom stereocenters. The van der Waals surface area contributed by atoms with E-state index < -0.39 is 11.7 Å². The summed E-state index contributed by atoms with van der Waals surface area (Å²) in [4.78, 5) is 0. The molecule has 0 fully saturated rings. The SMILES string of the molecule is CC(/C=C(\c1ccc(Cl)cc1)C(F)(F)F)c1ccccc1. The molecule has 2 aromatic rings. The smallest absolute Gasteiger partial charge is 0.166 e. The number of rotatable bonds is 3. The highest BCUT2D eigenvalue weighted by atomic mass is 35.5. The summed E-state index contributed by atoms with van der Waals surface area (Å²) >= 11 is 5.73. The van der Waals surface area contributed by atoms with E-state index in [9.17, 15) is 13.2 Å². The molecule has 0 amide bonds. The van der Waals surface area contributed by atoms with Crippen molar-refractivity contribution in [1.29, 1.82) is 0 Å². The monoisotopic (exact) mass is 310 g/mol. The molecule has 0 saturated heterocycles. The van der Waals surface area contributed by atoms with Crippen LogP contribution in [-0.4, -0.2) is 6.18 Å². The average Bonchev–Trinajstić information content (AvgIpc) is 2.45. The van der Waals surface area contributed by atoms with Gasteiger partial charge in [0.2, 0.25) is 0 Å². The first kappa shape index (κ1) is 15.6. The summed E-state index contributed by atoms with van der Waals surface area (Å²) in [6.45, 7) is 1.75. The van der Waals surface area contributed by atoms with Gasteiger partial charge in [-0.15, -0.1) is 0 Å². The van der Waals surface area contributed by atoms with Crippen molar-refractivity contribution in [2.24, 2.45) is 0 Å². The molecule has 0 aliphatic heterocycles. The molecule has 0 bridgehead atoms. The molecule has 0 aromatic heterocycles. The lowest BCUT2D eigenvalue weighted by molar-refractivity contribution is -0.0691. The molecule has 0 spiro atoms. The van der Waals surface area contributed by atoms with Crippen LogP contribution in [0.25, 0.3) is 5.57 Å². The van der Waals surface area contributed by atoms with E-state index in [-0.39, 0.29) is 11.5 Å². The van der Waals surface area contributed by atoms with Gasteiger partial charge in [-0.2, -0.15) is 13.2 Å². The topological polar surface area (TPSA) is 0 Å². The second kappa shape index (κ2) is 6.35. The van der Waals surface area contributed by atoms with Crippen LogP contribution in [0.3, 0.4) is 0 Å². The van der Waals surface area contributed by atoms with Gasteiger partial charge in [-0.05, 0) is 29.2 Å². The second-order valence-corrected chi connectivity index (χ2v) is 5.22. The highest BCUT2D eigenvalue weighted by molar-refractivity contribution is 6.30. The molecule has 110 valence electrons. The van der Waals surface area contributed by atoms with Gasteiger partial charge in [0.1, 0.15) is 0 Å². The van der Waals surface area contributed by atoms with Gasteiger partial charge in [0, 0.05) is 5.02 Å². The zero-order valence-corrected chi connectivity index (χ0v) is 12.1. The molecule has 21 heavy (non-hydrogen) atoms. The first-order valence-corrected chi connectivity index (χ1v) is 6.85. The van der Waals surface area contributed by atoms with Crippen molar-refractivity contribution < 1.29 is 13.2 Å². The summed E-state index contributed by atoms with van der Waals surface area (Å²) in [5, 5.41) is 0.413.